The first-order valence-electron chi connectivity index (χ1n) is 14.3. The van der Waals surface area contributed by atoms with Gasteiger partial charge >= 0.3 is 0 Å². The van der Waals surface area contributed by atoms with Gasteiger partial charge in [0.15, 0.2) is 0 Å². The lowest BCUT2D eigenvalue weighted by Gasteiger charge is -2.26. The monoisotopic (exact) mass is 537 g/mol. The molecule has 0 radical (unpaired) electrons. The van der Waals surface area contributed by atoms with Crippen molar-refractivity contribution in [3.63, 3.8) is 0 Å². The minimum absolute atomic E-state index is 0.924. The van der Waals surface area contributed by atoms with E-state index in [0.717, 1.165) is 33.6 Å². The molecule has 0 saturated carbocycles. The molecule has 0 N–H and O–H groups in total. The molecule has 1 aromatic heterocycles. The van der Waals surface area contributed by atoms with E-state index in [0.29, 0.717) is 0 Å². The second-order valence-corrected chi connectivity index (χ2v) is 10.6. The van der Waals surface area contributed by atoms with Crippen molar-refractivity contribution in [2.75, 3.05) is 4.90 Å². The summed E-state index contributed by atoms with van der Waals surface area (Å²) in [5.41, 5.74) is 10.0. The zero-order valence-electron chi connectivity index (χ0n) is 22.9. The first kappa shape index (κ1) is 24.2. The van der Waals surface area contributed by atoms with Crippen molar-refractivity contribution < 1.29 is 4.42 Å². The molecule has 198 valence electrons. The first-order valence-corrected chi connectivity index (χ1v) is 14.3. The van der Waals surface area contributed by atoms with Crippen molar-refractivity contribution in [1.29, 1.82) is 0 Å². The van der Waals surface area contributed by atoms with Crippen LogP contribution >= 0.6 is 0 Å². The van der Waals surface area contributed by atoms with E-state index < -0.39 is 0 Å². The largest absolute Gasteiger partial charge is 0.456 e. The predicted octanol–water partition coefficient (Wildman–Crippen LogP) is 11.5. The third-order valence-electron chi connectivity index (χ3n) is 8.08. The van der Waals surface area contributed by atoms with Crippen LogP contribution in [0.4, 0.5) is 17.1 Å². The number of benzene rings is 7. The summed E-state index contributed by atoms with van der Waals surface area (Å²) >= 11 is 0. The highest BCUT2D eigenvalue weighted by Gasteiger charge is 2.15. The molecule has 2 nitrogen and oxygen atoms in total. The summed E-state index contributed by atoms with van der Waals surface area (Å²) in [6.45, 7) is 0. The minimum Gasteiger partial charge on any atom is -0.456 e. The van der Waals surface area contributed by atoms with Crippen LogP contribution < -0.4 is 4.90 Å². The predicted molar refractivity (Wildman–Crippen MR) is 177 cm³/mol. The Balaban J connectivity index is 1.21. The number of nitrogens with zero attached hydrogens (tertiary/aromatic N) is 1. The molecular weight excluding hydrogens is 510 g/mol. The van der Waals surface area contributed by atoms with E-state index >= 15 is 0 Å². The summed E-state index contributed by atoms with van der Waals surface area (Å²) in [6.07, 6.45) is 0. The van der Waals surface area contributed by atoms with Gasteiger partial charge in [-0.3, -0.25) is 0 Å². The van der Waals surface area contributed by atoms with Crippen molar-refractivity contribution in [3.05, 3.63) is 164 Å². The van der Waals surface area contributed by atoms with Gasteiger partial charge in [-0.1, -0.05) is 115 Å². The lowest BCUT2D eigenvalue weighted by molar-refractivity contribution is 0.669. The Kier molecular flexibility index (Phi) is 5.82. The molecule has 0 spiro atoms. The fourth-order valence-corrected chi connectivity index (χ4v) is 6.08. The molecule has 0 aliphatic carbocycles. The maximum atomic E-state index is 6.16. The molecule has 0 unspecified atom stereocenters. The van der Waals surface area contributed by atoms with Crippen molar-refractivity contribution in [2.24, 2.45) is 0 Å². The highest BCUT2D eigenvalue weighted by Crippen LogP contribution is 2.40. The van der Waals surface area contributed by atoms with Crippen LogP contribution in [0, 0.1) is 0 Å². The fraction of sp³-hybridized carbons (Fsp3) is 0. The second kappa shape index (κ2) is 10.1. The third-order valence-corrected chi connectivity index (χ3v) is 8.08. The zero-order chi connectivity index (χ0) is 27.9. The Bertz CT molecular complexity index is 2160. The smallest absolute Gasteiger partial charge is 0.136 e. The van der Waals surface area contributed by atoms with Crippen LogP contribution in [0.3, 0.4) is 0 Å². The van der Waals surface area contributed by atoms with Gasteiger partial charge in [0.05, 0.1) is 0 Å². The summed E-state index contributed by atoms with van der Waals surface area (Å²) in [7, 11) is 0. The van der Waals surface area contributed by atoms with Gasteiger partial charge in [-0.15, -0.1) is 0 Å². The van der Waals surface area contributed by atoms with Gasteiger partial charge in [0.2, 0.25) is 0 Å². The van der Waals surface area contributed by atoms with Gasteiger partial charge in [0, 0.05) is 27.8 Å². The SMILES string of the molecule is c1ccc(-c2ccc(N(c3ccccc3)c3ccc(-c4cccc5c4ccc4oc6ccccc6c45)cc3)cc2)cc1. The Morgan fingerprint density at radius 2 is 0.905 bits per heavy atom. The second-order valence-electron chi connectivity index (χ2n) is 10.6. The highest BCUT2D eigenvalue weighted by molar-refractivity contribution is 6.20. The summed E-state index contributed by atoms with van der Waals surface area (Å²) < 4.78 is 6.16. The number of anilines is 3. The highest BCUT2D eigenvalue weighted by atomic mass is 16.3. The maximum Gasteiger partial charge on any atom is 0.136 e. The molecule has 8 rings (SSSR count). The first-order chi connectivity index (χ1) is 20.8. The van der Waals surface area contributed by atoms with Gasteiger partial charge in [0.1, 0.15) is 11.2 Å². The minimum atomic E-state index is 0.924. The van der Waals surface area contributed by atoms with E-state index in [9.17, 15) is 0 Å². The number of hydrogen-bond acceptors (Lipinski definition) is 2. The van der Waals surface area contributed by atoms with E-state index in [-0.39, 0.29) is 0 Å². The van der Waals surface area contributed by atoms with Crippen LogP contribution in [0.1, 0.15) is 0 Å². The molecule has 0 saturated heterocycles. The lowest BCUT2D eigenvalue weighted by Crippen LogP contribution is -2.09. The molecule has 0 aliphatic rings. The molecule has 7 aromatic carbocycles. The van der Waals surface area contributed by atoms with Crippen LogP contribution in [-0.4, -0.2) is 0 Å². The third kappa shape index (κ3) is 4.13. The fourth-order valence-electron chi connectivity index (χ4n) is 6.08. The van der Waals surface area contributed by atoms with Gasteiger partial charge in [-0.25, -0.2) is 0 Å². The summed E-state index contributed by atoms with van der Waals surface area (Å²) in [5.74, 6) is 0. The Morgan fingerprint density at radius 3 is 1.64 bits per heavy atom. The molecule has 0 amide bonds. The van der Waals surface area contributed by atoms with Crippen LogP contribution in [0.15, 0.2) is 168 Å². The Labute approximate surface area is 244 Å². The summed E-state index contributed by atoms with van der Waals surface area (Å²) in [5, 5.41) is 4.77. The van der Waals surface area contributed by atoms with E-state index in [1.54, 1.807) is 0 Å². The van der Waals surface area contributed by atoms with Gasteiger partial charge in [-0.05, 0) is 81.6 Å². The van der Waals surface area contributed by atoms with Crippen LogP contribution in [0.5, 0.6) is 0 Å². The van der Waals surface area contributed by atoms with E-state index in [4.69, 9.17) is 4.42 Å². The summed E-state index contributed by atoms with van der Waals surface area (Å²) in [6, 6.07) is 57.9. The number of fused-ring (bicyclic) bond motifs is 5. The van der Waals surface area contributed by atoms with Crippen LogP contribution in [-0.2, 0) is 0 Å². The van der Waals surface area contributed by atoms with E-state index in [2.05, 4.69) is 157 Å². The van der Waals surface area contributed by atoms with Crippen molar-refractivity contribution >= 4 is 49.8 Å². The van der Waals surface area contributed by atoms with Gasteiger partial charge in [-0.2, -0.15) is 0 Å². The normalized spacial score (nSPS) is 11.3. The molecule has 42 heavy (non-hydrogen) atoms. The van der Waals surface area contributed by atoms with Crippen molar-refractivity contribution in [2.45, 2.75) is 0 Å². The molecule has 2 heteroatoms. The van der Waals surface area contributed by atoms with Gasteiger partial charge in [0.25, 0.3) is 0 Å². The molecule has 8 aromatic rings. The molecule has 1 heterocycles. The average molecular weight is 538 g/mol. The number of para-hydroxylation sites is 2. The van der Waals surface area contributed by atoms with E-state index in [1.807, 2.05) is 12.1 Å². The average Bonchev–Trinajstić information content (AvgIpc) is 3.46. The summed E-state index contributed by atoms with van der Waals surface area (Å²) in [4.78, 5) is 2.31. The van der Waals surface area contributed by atoms with Crippen molar-refractivity contribution in [3.8, 4) is 22.3 Å². The lowest BCUT2D eigenvalue weighted by atomic mass is 9.95. The molecule has 0 aliphatic heterocycles. The topological polar surface area (TPSA) is 16.4 Å². The standard InChI is InChI=1S/C40H27NO/c1-3-10-28(11-4-1)29-18-22-32(23-19-29)41(31-12-5-2-6-13-31)33-24-20-30(21-25-33)34-15-9-16-36-35(34)26-27-39-40(36)37-14-7-8-17-38(37)42-39/h1-27H. The van der Waals surface area contributed by atoms with Crippen molar-refractivity contribution in [1.82, 2.24) is 0 Å². The molecule has 0 fully saturated rings. The van der Waals surface area contributed by atoms with Gasteiger partial charge < -0.3 is 9.32 Å². The number of rotatable bonds is 5. The molecule has 0 atom stereocenters. The number of furan rings is 1. The number of hydrogen-bond donors (Lipinski definition) is 0. The molecule has 0 bridgehead atoms. The molecular formula is C40H27NO. The zero-order valence-corrected chi connectivity index (χ0v) is 22.9. The quantitative estimate of drug-likeness (QED) is 0.217. The Morgan fingerprint density at radius 1 is 0.333 bits per heavy atom. The Hall–Kier alpha value is -5.60. The maximum absolute atomic E-state index is 6.16. The van der Waals surface area contributed by atoms with Crippen LogP contribution in [0.25, 0.3) is 55.0 Å². The van der Waals surface area contributed by atoms with E-state index in [1.165, 1.54) is 38.4 Å². The van der Waals surface area contributed by atoms with Crippen LogP contribution in [0.2, 0.25) is 0 Å².